The molecular weight excluding hydrogens is 316 g/mol. The molecule has 2 N–H and O–H groups in total. The zero-order valence-electron chi connectivity index (χ0n) is 12.3. The van der Waals surface area contributed by atoms with Gasteiger partial charge in [-0.1, -0.05) is 6.07 Å². The van der Waals surface area contributed by atoms with Gasteiger partial charge in [0, 0.05) is 12.4 Å². The summed E-state index contributed by atoms with van der Waals surface area (Å²) in [4.78, 5) is 28.4. The Morgan fingerprint density at radius 2 is 2.04 bits per heavy atom. The normalized spacial score (nSPS) is 16.7. The molecule has 1 fully saturated rings. The van der Waals surface area contributed by atoms with Gasteiger partial charge in [0.25, 0.3) is 5.91 Å². The summed E-state index contributed by atoms with van der Waals surface area (Å²) in [7, 11) is 0. The van der Waals surface area contributed by atoms with Crippen LogP contribution in [-0.2, 0) is 4.79 Å². The van der Waals surface area contributed by atoms with E-state index in [1.165, 1.54) is 0 Å². The van der Waals surface area contributed by atoms with Gasteiger partial charge < -0.3 is 10.4 Å². The number of carboxylic acid groups (broad SMARTS) is 1. The van der Waals surface area contributed by atoms with Gasteiger partial charge >= 0.3 is 5.97 Å². The predicted molar refractivity (Wildman–Crippen MR) is 85.8 cm³/mol. The number of carboxylic acids is 1. The number of nitrogens with zero attached hydrogens (tertiary/aromatic N) is 3. The molecule has 0 bridgehead atoms. The molecule has 23 heavy (non-hydrogen) atoms. The first-order valence-corrected chi connectivity index (χ1v) is 8.37. The number of aromatic nitrogens is 3. The smallest absolute Gasteiger partial charge is 0.329 e. The van der Waals surface area contributed by atoms with Crippen molar-refractivity contribution in [3.05, 3.63) is 42.4 Å². The monoisotopic (exact) mass is 332 g/mol. The third-order valence-corrected chi connectivity index (χ3v) is 4.80. The van der Waals surface area contributed by atoms with E-state index in [0.29, 0.717) is 30.2 Å². The lowest BCUT2D eigenvalue weighted by atomic mass is 9.92. The van der Waals surface area contributed by atoms with Gasteiger partial charge in [-0.2, -0.15) is 16.9 Å². The zero-order chi connectivity index (χ0) is 16.3. The van der Waals surface area contributed by atoms with Gasteiger partial charge in [-0.15, -0.1) is 0 Å². The van der Waals surface area contributed by atoms with Gasteiger partial charge in [-0.25, -0.2) is 14.5 Å². The van der Waals surface area contributed by atoms with E-state index < -0.39 is 17.4 Å². The Kier molecular flexibility index (Phi) is 4.33. The molecule has 7 nitrogen and oxygen atoms in total. The first-order valence-electron chi connectivity index (χ1n) is 7.21. The molecule has 3 rings (SSSR count). The Hall–Kier alpha value is -2.35. The molecule has 2 aromatic heterocycles. The second-order valence-corrected chi connectivity index (χ2v) is 6.51. The molecule has 3 heterocycles. The fraction of sp³-hybridized carbons (Fsp3) is 0.333. The molecule has 0 atom stereocenters. The summed E-state index contributed by atoms with van der Waals surface area (Å²) < 4.78 is 1.54. The van der Waals surface area contributed by atoms with E-state index in [4.69, 9.17) is 0 Å². The Morgan fingerprint density at radius 3 is 2.70 bits per heavy atom. The van der Waals surface area contributed by atoms with Gasteiger partial charge in [0.15, 0.2) is 5.82 Å². The highest BCUT2D eigenvalue weighted by Gasteiger charge is 2.41. The Labute approximate surface area is 137 Å². The summed E-state index contributed by atoms with van der Waals surface area (Å²) in [5.41, 5.74) is -1.03. The topological polar surface area (TPSA) is 97.1 Å². The third kappa shape index (κ3) is 3.21. The highest BCUT2D eigenvalue weighted by Crippen LogP contribution is 2.27. The highest BCUT2D eigenvalue weighted by atomic mass is 32.2. The fourth-order valence-electron chi connectivity index (χ4n) is 2.48. The maximum atomic E-state index is 12.5. The summed E-state index contributed by atoms with van der Waals surface area (Å²) in [6, 6.07) is 6.75. The van der Waals surface area contributed by atoms with E-state index in [9.17, 15) is 14.7 Å². The minimum absolute atomic E-state index is 0.178. The van der Waals surface area contributed by atoms with Crippen LogP contribution in [0.1, 0.15) is 23.3 Å². The Bertz CT molecular complexity index is 711. The maximum Gasteiger partial charge on any atom is 0.329 e. The second kappa shape index (κ2) is 6.41. The molecule has 1 saturated heterocycles. The van der Waals surface area contributed by atoms with E-state index in [1.807, 2.05) is 0 Å². The van der Waals surface area contributed by atoms with Crippen LogP contribution in [0.5, 0.6) is 0 Å². The van der Waals surface area contributed by atoms with E-state index in [1.54, 1.807) is 53.1 Å². The van der Waals surface area contributed by atoms with Crippen LogP contribution in [0.25, 0.3) is 5.82 Å². The van der Waals surface area contributed by atoms with Gasteiger partial charge in [-0.05, 0) is 42.5 Å². The highest BCUT2D eigenvalue weighted by molar-refractivity contribution is 7.99. The number of rotatable bonds is 4. The average Bonchev–Trinajstić information content (AvgIpc) is 3.10. The van der Waals surface area contributed by atoms with E-state index in [2.05, 4.69) is 15.4 Å². The van der Waals surface area contributed by atoms with Crippen LogP contribution >= 0.6 is 11.8 Å². The van der Waals surface area contributed by atoms with Crippen LogP contribution in [-0.4, -0.2) is 48.8 Å². The fourth-order valence-corrected chi connectivity index (χ4v) is 3.66. The van der Waals surface area contributed by atoms with Gasteiger partial charge in [-0.3, -0.25) is 4.79 Å². The van der Waals surface area contributed by atoms with Crippen molar-refractivity contribution >= 4 is 23.6 Å². The van der Waals surface area contributed by atoms with Crippen molar-refractivity contribution in [1.29, 1.82) is 0 Å². The summed E-state index contributed by atoms with van der Waals surface area (Å²) in [6.45, 7) is 0. The number of aliphatic carboxylic acids is 1. The van der Waals surface area contributed by atoms with Crippen molar-refractivity contribution in [2.45, 2.75) is 18.4 Å². The van der Waals surface area contributed by atoms with Crippen LogP contribution in [0.15, 0.2) is 36.7 Å². The van der Waals surface area contributed by atoms with Gasteiger partial charge in [0.2, 0.25) is 0 Å². The number of nitrogens with one attached hydrogen (secondary N) is 1. The van der Waals surface area contributed by atoms with Crippen molar-refractivity contribution < 1.29 is 14.7 Å². The molecule has 120 valence electrons. The number of hydrogen-bond acceptors (Lipinski definition) is 5. The SMILES string of the molecule is O=C(NC1(C(=O)O)CCSCC1)c1cccc(-n2cccn2)n1. The Balaban J connectivity index is 1.83. The largest absolute Gasteiger partial charge is 0.480 e. The molecule has 1 aliphatic rings. The van der Waals surface area contributed by atoms with Crippen LogP contribution in [0.2, 0.25) is 0 Å². The lowest BCUT2D eigenvalue weighted by Crippen LogP contribution is -2.56. The zero-order valence-corrected chi connectivity index (χ0v) is 13.1. The van der Waals surface area contributed by atoms with E-state index >= 15 is 0 Å². The number of carbonyl (C=O) groups excluding carboxylic acids is 1. The first-order chi connectivity index (χ1) is 11.1. The van der Waals surface area contributed by atoms with Gasteiger partial charge in [0.05, 0.1) is 0 Å². The van der Waals surface area contributed by atoms with Crippen LogP contribution in [0.3, 0.4) is 0 Å². The minimum Gasteiger partial charge on any atom is -0.480 e. The molecule has 1 aliphatic heterocycles. The van der Waals surface area contributed by atoms with Gasteiger partial charge in [0.1, 0.15) is 11.2 Å². The molecule has 0 saturated carbocycles. The maximum absolute atomic E-state index is 12.5. The summed E-state index contributed by atoms with van der Waals surface area (Å²) in [5.74, 6) is 0.467. The van der Waals surface area contributed by atoms with Crippen molar-refractivity contribution in [3.8, 4) is 5.82 Å². The first kappa shape index (κ1) is 15.5. The van der Waals surface area contributed by atoms with Crippen molar-refractivity contribution in [2.24, 2.45) is 0 Å². The lowest BCUT2D eigenvalue weighted by Gasteiger charge is -2.33. The molecule has 8 heteroatoms. The van der Waals surface area contributed by atoms with Crippen molar-refractivity contribution in [1.82, 2.24) is 20.1 Å². The third-order valence-electron chi connectivity index (χ3n) is 3.81. The second-order valence-electron chi connectivity index (χ2n) is 5.29. The predicted octanol–water partition coefficient (Wildman–Crippen LogP) is 1.35. The number of thioether (sulfide) groups is 1. The molecule has 1 amide bonds. The summed E-state index contributed by atoms with van der Waals surface area (Å²) >= 11 is 1.70. The Morgan fingerprint density at radius 1 is 1.26 bits per heavy atom. The number of carbonyl (C=O) groups is 2. The molecular formula is C15H16N4O3S. The summed E-state index contributed by atoms with van der Waals surface area (Å²) in [6.07, 6.45) is 4.17. The average molecular weight is 332 g/mol. The van der Waals surface area contributed by atoms with Crippen molar-refractivity contribution in [2.75, 3.05) is 11.5 Å². The molecule has 0 aliphatic carbocycles. The van der Waals surface area contributed by atoms with E-state index in [-0.39, 0.29) is 5.69 Å². The molecule has 2 aromatic rings. The quantitative estimate of drug-likeness (QED) is 0.877. The van der Waals surface area contributed by atoms with Crippen LogP contribution in [0, 0.1) is 0 Å². The van der Waals surface area contributed by atoms with Crippen LogP contribution < -0.4 is 5.32 Å². The molecule has 0 aromatic carbocycles. The van der Waals surface area contributed by atoms with Crippen molar-refractivity contribution in [3.63, 3.8) is 0 Å². The number of pyridine rings is 1. The minimum atomic E-state index is -1.20. The molecule has 0 unspecified atom stereocenters. The molecule has 0 radical (unpaired) electrons. The standard InChI is InChI=1S/C15H16N4O3S/c20-13(18-15(14(21)22)5-9-23-10-6-15)11-3-1-4-12(17-11)19-8-2-7-16-19/h1-4,7-8H,5-6,9-10H2,(H,18,20)(H,21,22). The number of amides is 1. The van der Waals surface area contributed by atoms with Crippen LogP contribution in [0.4, 0.5) is 0 Å². The lowest BCUT2D eigenvalue weighted by molar-refractivity contribution is -0.144. The summed E-state index contributed by atoms with van der Waals surface area (Å²) in [5, 5.41) is 16.3. The number of hydrogen-bond donors (Lipinski definition) is 2. The molecule has 0 spiro atoms. The van der Waals surface area contributed by atoms with E-state index in [0.717, 1.165) is 0 Å².